The molecular weight excluding hydrogens is 326 g/mol. The molecule has 0 amide bonds. The summed E-state index contributed by atoms with van der Waals surface area (Å²) >= 11 is 4.24. The number of nitro benzene ring substituents is 1. The van der Waals surface area contributed by atoms with Crippen molar-refractivity contribution < 1.29 is 4.92 Å². The largest absolute Gasteiger partial charge is 0.269 e. The van der Waals surface area contributed by atoms with Crippen LogP contribution in [0.5, 0.6) is 0 Å². The maximum atomic E-state index is 10.8. The van der Waals surface area contributed by atoms with E-state index in [1.54, 1.807) is 16.6 Å². The van der Waals surface area contributed by atoms with Crippen LogP contribution in [-0.2, 0) is 12.8 Å². The van der Waals surface area contributed by atoms with Gasteiger partial charge in [0.15, 0.2) is 5.65 Å². The summed E-state index contributed by atoms with van der Waals surface area (Å²) in [4.78, 5) is 19.5. The molecule has 0 spiro atoms. The van der Waals surface area contributed by atoms with E-state index in [9.17, 15) is 10.1 Å². The highest BCUT2D eigenvalue weighted by Gasteiger charge is 2.16. The molecule has 1 aromatic carbocycles. The van der Waals surface area contributed by atoms with Crippen molar-refractivity contribution in [1.29, 1.82) is 0 Å². The number of aryl methyl sites for hydroxylation is 2. The first-order valence-corrected chi connectivity index (χ1v) is 8.11. The van der Waals surface area contributed by atoms with Crippen LogP contribution in [0.3, 0.4) is 0 Å². The minimum atomic E-state index is -0.399. The Morgan fingerprint density at radius 1 is 1.25 bits per heavy atom. The monoisotopic (exact) mass is 343 g/mol. The topological polar surface area (TPSA) is 86.2 Å². The van der Waals surface area contributed by atoms with E-state index in [2.05, 4.69) is 34.6 Å². The Morgan fingerprint density at radius 3 is 2.58 bits per heavy atom. The SMILES string of the molecule is CCCc1nc(C)n2nc(S)nc2c1Cc1ccc([N+](=O)[O-])cc1. The lowest BCUT2D eigenvalue weighted by atomic mass is 10.0. The lowest BCUT2D eigenvalue weighted by Gasteiger charge is -2.11. The fourth-order valence-electron chi connectivity index (χ4n) is 2.73. The quantitative estimate of drug-likeness (QED) is 0.437. The average molecular weight is 343 g/mol. The number of rotatable bonds is 5. The molecule has 0 bridgehead atoms. The molecule has 0 aliphatic carbocycles. The van der Waals surface area contributed by atoms with Gasteiger partial charge in [-0.3, -0.25) is 10.1 Å². The van der Waals surface area contributed by atoms with Crippen molar-refractivity contribution in [2.24, 2.45) is 0 Å². The first-order valence-electron chi connectivity index (χ1n) is 7.67. The molecule has 3 aromatic rings. The zero-order valence-electron chi connectivity index (χ0n) is 13.4. The minimum absolute atomic E-state index is 0.0832. The molecule has 2 aromatic heterocycles. The number of aromatic nitrogens is 4. The Bertz CT molecular complexity index is 905. The number of hydrogen-bond donors (Lipinski definition) is 1. The number of nitrogens with zero attached hydrogens (tertiary/aromatic N) is 5. The molecular formula is C16H17N5O2S. The van der Waals surface area contributed by atoms with Crippen molar-refractivity contribution in [2.45, 2.75) is 38.3 Å². The van der Waals surface area contributed by atoms with Gasteiger partial charge in [-0.15, -0.1) is 17.7 Å². The summed E-state index contributed by atoms with van der Waals surface area (Å²) in [7, 11) is 0. The van der Waals surface area contributed by atoms with E-state index >= 15 is 0 Å². The van der Waals surface area contributed by atoms with E-state index in [4.69, 9.17) is 0 Å². The molecule has 124 valence electrons. The third-order valence-corrected chi connectivity index (χ3v) is 4.02. The molecule has 0 fully saturated rings. The molecule has 24 heavy (non-hydrogen) atoms. The molecule has 0 radical (unpaired) electrons. The molecule has 0 saturated carbocycles. The lowest BCUT2D eigenvalue weighted by Crippen LogP contribution is -2.08. The summed E-state index contributed by atoms with van der Waals surface area (Å²) in [5.74, 6) is 0.772. The Balaban J connectivity index is 2.07. The highest BCUT2D eigenvalue weighted by Crippen LogP contribution is 2.22. The van der Waals surface area contributed by atoms with E-state index in [1.807, 2.05) is 6.92 Å². The molecule has 8 heteroatoms. The van der Waals surface area contributed by atoms with Gasteiger partial charge in [0.2, 0.25) is 5.16 Å². The fourth-order valence-corrected chi connectivity index (χ4v) is 2.91. The van der Waals surface area contributed by atoms with Gasteiger partial charge in [0.1, 0.15) is 5.82 Å². The summed E-state index contributed by atoms with van der Waals surface area (Å²) in [5.41, 5.74) is 3.77. The predicted octanol–water partition coefficient (Wildman–Crippen LogP) is 3.17. The third-order valence-electron chi connectivity index (χ3n) is 3.83. The highest BCUT2D eigenvalue weighted by molar-refractivity contribution is 7.80. The van der Waals surface area contributed by atoms with E-state index in [-0.39, 0.29) is 5.69 Å². The van der Waals surface area contributed by atoms with Crippen LogP contribution in [0, 0.1) is 17.0 Å². The van der Waals surface area contributed by atoms with Gasteiger partial charge < -0.3 is 0 Å². The molecule has 7 nitrogen and oxygen atoms in total. The number of nitro groups is 1. The van der Waals surface area contributed by atoms with Crippen LogP contribution in [0.4, 0.5) is 5.69 Å². The summed E-state index contributed by atoms with van der Waals surface area (Å²) in [6.07, 6.45) is 2.40. The van der Waals surface area contributed by atoms with Gasteiger partial charge in [-0.2, -0.15) is 4.52 Å². The maximum absolute atomic E-state index is 10.8. The zero-order valence-corrected chi connectivity index (χ0v) is 14.3. The Labute approximate surface area is 144 Å². The summed E-state index contributed by atoms with van der Waals surface area (Å²) < 4.78 is 1.70. The fraction of sp³-hybridized carbons (Fsp3) is 0.312. The van der Waals surface area contributed by atoms with Gasteiger partial charge in [0.25, 0.3) is 5.69 Å². The normalized spacial score (nSPS) is 11.1. The van der Waals surface area contributed by atoms with Crippen molar-refractivity contribution >= 4 is 24.0 Å². The average Bonchev–Trinajstić information content (AvgIpc) is 2.94. The Kier molecular flexibility index (Phi) is 4.48. The van der Waals surface area contributed by atoms with Gasteiger partial charge in [0, 0.05) is 29.8 Å². The summed E-state index contributed by atoms with van der Waals surface area (Å²) in [6.45, 7) is 3.99. The lowest BCUT2D eigenvalue weighted by molar-refractivity contribution is -0.384. The predicted molar refractivity (Wildman–Crippen MR) is 92.7 cm³/mol. The summed E-state index contributed by atoms with van der Waals surface area (Å²) in [6, 6.07) is 6.56. The van der Waals surface area contributed by atoms with Gasteiger partial charge in [-0.05, 0) is 18.9 Å². The molecule has 0 N–H and O–H groups in total. The highest BCUT2D eigenvalue weighted by atomic mass is 32.1. The maximum Gasteiger partial charge on any atom is 0.269 e. The van der Waals surface area contributed by atoms with Gasteiger partial charge in [0.05, 0.1) is 4.92 Å². The van der Waals surface area contributed by atoms with Crippen LogP contribution in [0.2, 0.25) is 0 Å². The standard InChI is InChI=1S/C16H17N5O2S/c1-3-4-14-13(9-11-5-7-12(8-6-11)21(22)23)15-18-16(24)19-20(15)10(2)17-14/h5-8H,3-4,9H2,1-2H3,(H,19,24). The van der Waals surface area contributed by atoms with Crippen molar-refractivity contribution in [1.82, 2.24) is 19.6 Å². The van der Waals surface area contributed by atoms with Crippen molar-refractivity contribution in [3.05, 3.63) is 57.0 Å². The Morgan fingerprint density at radius 2 is 1.96 bits per heavy atom. The number of thiol groups is 1. The molecule has 2 heterocycles. The first kappa shape index (κ1) is 16.4. The number of non-ortho nitro benzene ring substituents is 1. The van der Waals surface area contributed by atoms with Crippen LogP contribution < -0.4 is 0 Å². The molecule has 0 saturated heterocycles. The number of hydrogen-bond acceptors (Lipinski definition) is 6. The van der Waals surface area contributed by atoms with Gasteiger partial charge in [-0.1, -0.05) is 25.5 Å². The second kappa shape index (κ2) is 6.56. The van der Waals surface area contributed by atoms with Crippen LogP contribution in [0.1, 0.15) is 36.0 Å². The van der Waals surface area contributed by atoms with Gasteiger partial charge in [-0.25, -0.2) is 9.97 Å². The van der Waals surface area contributed by atoms with E-state index in [0.717, 1.165) is 41.1 Å². The number of fused-ring (bicyclic) bond motifs is 1. The summed E-state index contributed by atoms with van der Waals surface area (Å²) in [5, 5.41) is 15.5. The Hall–Kier alpha value is -2.48. The van der Waals surface area contributed by atoms with Crippen molar-refractivity contribution in [3.63, 3.8) is 0 Å². The van der Waals surface area contributed by atoms with Crippen LogP contribution in [0.25, 0.3) is 5.65 Å². The molecule has 0 aliphatic rings. The van der Waals surface area contributed by atoms with E-state index in [1.165, 1.54) is 12.1 Å². The molecule has 0 unspecified atom stereocenters. The zero-order chi connectivity index (χ0) is 17.3. The van der Waals surface area contributed by atoms with Crippen molar-refractivity contribution in [2.75, 3.05) is 0 Å². The van der Waals surface area contributed by atoms with E-state index < -0.39 is 4.92 Å². The molecule has 0 atom stereocenters. The second-order valence-electron chi connectivity index (χ2n) is 5.58. The second-order valence-corrected chi connectivity index (χ2v) is 5.98. The van der Waals surface area contributed by atoms with Crippen LogP contribution in [-0.4, -0.2) is 24.5 Å². The van der Waals surface area contributed by atoms with E-state index in [0.29, 0.717) is 11.6 Å². The van der Waals surface area contributed by atoms with Crippen molar-refractivity contribution in [3.8, 4) is 0 Å². The molecule has 3 rings (SSSR count). The first-order chi connectivity index (χ1) is 11.5. The third kappa shape index (κ3) is 3.09. The van der Waals surface area contributed by atoms with Crippen LogP contribution >= 0.6 is 12.6 Å². The smallest absolute Gasteiger partial charge is 0.258 e. The number of benzene rings is 1. The minimum Gasteiger partial charge on any atom is -0.258 e. The van der Waals surface area contributed by atoms with Gasteiger partial charge >= 0.3 is 0 Å². The molecule has 0 aliphatic heterocycles. The van der Waals surface area contributed by atoms with Crippen LogP contribution in [0.15, 0.2) is 29.4 Å².